The third kappa shape index (κ3) is 3.74. The molecule has 1 aliphatic heterocycles. The van der Waals surface area contributed by atoms with Crippen LogP contribution < -0.4 is 5.01 Å². The average Bonchev–Trinajstić information content (AvgIpc) is 3.43. The van der Waals surface area contributed by atoms with Crippen LogP contribution in [0.5, 0.6) is 0 Å². The molecule has 2 heterocycles. The zero-order valence-electron chi connectivity index (χ0n) is 15.9. The SMILES string of the molecule is Fc1ccc([C@@H]2CC(c3ccc(Cl)cc3)=NN2c2nc(-c3ccccc3)cs2)cc1. The van der Waals surface area contributed by atoms with E-state index in [4.69, 9.17) is 21.7 Å². The maximum Gasteiger partial charge on any atom is 0.207 e. The minimum atomic E-state index is -0.247. The van der Waals surface area contributed by atoms with Crippen LogP contribution in [0, 0.1) is 5.82 Å². The zero-order chi connectivity index (χ0) is 20.5. The molecule has 0 N–H and O–H groups in total. The minimum absolute atomic E-state index is 0.0500. The molecule has 148 valence electrons. The van der Waals surface area contributed by atoms with Crippen molar-refractivity contribution >= 4 is 33.8 Å². The summed E-state index contributed by atoms with van der Waals surface area (Å²) in [6, 6.07) is 24.3. The quantitative estimate of drug-likeness (QED) is 0.348. The van der Waals surface area contributed by atoms with E-state index in [1.165, 1.54) is 12.1 Å². The Bertz CT molecular complexity index is 1190. The monoisotopic (exact) mass is 433 g/mol. The van der Waals surface area contributed by atoms with Gasteiger partial charge in [0.05, 0.1) is 17.4 Å². The number of aromatic nitrogens is 1. The molecule has 0 fully saturated rings. The number of halogens is 2. The number of hydrogen-bond donors (Lipinski definition) is 0. The standard InChI is InChI=1S/C24H17ClFN3S/c25-19-10-6-17(7-11-19)21-14-23(18-8-12-20(26)13-9-18)29(28-21)24-27-22(15-30-24)16-4-2-1-3-5-16/h1-13,15,23H,14H2/t23-/m0/s1. The molecule has 0 bridgehead atoms. The van der Waals surface area contributed by atoms with E-state index in [0.717, 1.165) is 33.2 Å². The van der Waals surface area contributed by atoms with Crippen LogP contribution in [-0.4, -0.2) is 10.7 Å². The van der Waals surface area contributed by atoms with E-state index < -0.39 is 0 Å². The largest absolute Gasteiger partial charge is 0.231 e. The van der Waals surface area contributed by atoms with Crippen molar-refractivity contribution in [3.05, 3.63) is 106 Å². The summed E-state index contributed by atoms with van der Waals surface area (Å²) in [5, 5.41) is 10.4. The summed E-state index contributed by atoms with van der Waals surface area (Å²) in [6.07, 6.45) is 0.702. The Kier molecular flexibility index (Phi) is 5.07. The molecule has 0 aliphatic carbocycles. The van der Waals surface area contributed by atoms with Crippen molar-refractivity contribution in [1.29, 1.82) is 0 Å². The second kappa shape index (κ2) is 8.01. The molecule has 0 amide bonds. The molecule has 1 atom stereocenters. The Balaban J connectivity index is 1.53. The highest BCUT2D eigenvalue weighted by Crippen LogP contribution is 2.39. The maximum atomic E-state index is 13.5. The maximum absolute atomic E-state index is 13.5. The molecular formula is C24H17ClFN3S. The summed E-state index contributed by atoms with van der Waals surface area (Å²) < 4.78 is 13.5. The van der Waals surface area contributed by atoms with Crippen LogP contribution in [-0.2, 0) is 0 Å². The summed E-state index contributed by atoms with van der Waals surface area (Å²) in [5.74, 6) is -0.247. The summed E-state index contributed by atoms with van der Waals surface area (Å²) >= 11 is 7.60. The van der Waals surface area contributed by atoms with Gasteiger partial charge in [-0.05, 0) is 35.4 Å². The van der Waals surface area contributed by atoms with Gasteiger partial charge in [0.25, 0.3) is 0 Å². The van der Waals surface area contributed by atoms with Crippen LogP contribution >= 0.6 is 22.9 Å². The van der Waals surface area contributed by atoms with Crippen LogP contribution in [0.2, 0.25) is 5.02 Å². The molecule has 0 radical (unpaired) electrons. The summed E-state index contributed by atoms with van der Waals surface area (Å²) in [7, 11) is 0. The van der Waals surface area contributed by atoms with Gasteiger partial charge in [0, 0.05) is 22.4 Å². The molecular weight excluding hydrogens is 417 g/mol. The van der Waals surface area contributed by atoms with Crippen molar-refractivity contribution in [2.75, 3.05) is 5.01 Å². The molecule has 30 heavy (non-hydrogen) atoms. The highest BCUT2D eigenvalue weighted by Gasteiger charge is 2.31. The summed E-state index contributed by atoms with van der Waals surface area (Å²) in [4.78, 5) is 4.84. The van der Waals surface area contributed by atoms with E-state index in [0.29, 0.717) is 11.4 Å². The highest BCUT2D eigenvalue weighted by atomic mass is 35.5. The fraction of sp³-hybridized carbons (Fsp3) is 0.0833. The average molecular weight is 434 g/mol. The molecule has 5 rings (SSSR count). The van der Waals surface area contributed by atoms with E-state index in [2.05, 4.69) is 0 Å². The van der Waals surface area contributed by atoms with Crippen molar-refractivity contribution < 1.29 is 4.39 Å². The van der Waals surface area contributed by atoms with Crippen molar-refractivity contribution in [3.63, 3.8) is 0 Å². The third-order valence-corrected chi connectivity index (χ3v) is 6.18. The van der Waals surface area contributed by atoms with E-state index in [1.54, 1.807) is 11.3 Å². The number of anilines is 1. The van der Waals surface area contributed by atoms with Crippen LogP contribution in [0.25, 0.3) is 11.3 Å². The van der Waals surface area contributed by atoms with Gasteiger partial charge in [0.15, 0.2) is 0 Å². The number of hydrogen-bond acceptors (Lipinski definition) is 4. The lowest BCUT2D eigenvalue weighted by Crippen LogP contribution is -2.18. The Morgan fingerprint density at radius 2 is 1.63 bits per heavy atom. The Hall–Kier alpha value is -3.02. The van der Waals surface area contributed by atoms with Gasteiger partial charge >= 0.3 is 0 Å². The lowest BCUT2D eigenvalue weighted by Gasteiger charge is -2.21. The van der Waals surface area contributed by atoms with Crippen LogP contribution in [0.1, 0.15) is 23.6 Å². The highest BCUT2D eigenvalue weighted by molar-refractivity contribution is 7.14. The zero-order valence-corrected chi connectivity index (χ0v) is 17.4. The van der Waals surface area contributed by atoms with Gasteiger partial charge in [-0.15, -0.1) is 11.3 Å². The first-order chi connectivity index (χ1) is 14.7. The number of nitrogens with zero attached hydrogens (tertiary/aromatic N) is 3. The first kappa shape index (κ1) is 19.0. The van der Waals surface area contributed by atoms with Gasteiger partial charge in [-0.25, -0.2) is 14.4 Å². The smallest absolute Gasteiger partial charge is 0.207 e. The van der Waals surface area contributed by atoms with Gasteiger partial charge in [-0.3, -0.25) is 0 Å². The topological polar surface area (TPSA) is 28.5 Å². The first-order valence-electron chi connectivity index (χ1n) is 9.56. The molecule has 1 aliphatic rings. The predicted octanol–water partition coefficient (Wildman–Crippen LogP) is 6.96. The van der Waals surface area contributed by atoms with Crippen molar-refractivity contribution in [1.82, 2.24) is 4.98 Å². The number of thiazole rings is 1. The molecule has 0 unspecified atom stereocenters. The van der Waals surface area contributed by atoms with Crippen molar-refractivity contribution in [2.24, 2.45) is 5.10 Å². The van der Waals surface area contributed by atoms with E-state index in [9.17, 15) is 4.39 Å². The molecule has 0 spiro atoms. The molecule has 3 nitrogen and oxygen atoms in total. The van der Waals surface area contributed by atoms with Gasteiger partial charge in [0.2, 0.25) is 5.13 Å². The number of rotatable bonds is 4. The summed E-state index contributed by atoms with van der Waals surface area (Å²) in [5.41, 5.74) is 4.97. The first-order valence-corrected chi connectivity index (χ1v) is 10.8. The predicted molar refractivity (Wildman–Crippen MR) is 122 cm³/mol. The summed E-state index contributed by atoms with van der Waals surface area (Å²) in [6.45, 7) is 0. The number of hydrazone groups is 1. The van der Waals surface area contributed by atoms with Gasteiger partial charge < -0.3 is 0 Å². The van der Waals surface area contributed by atoms with Crippen LogP contribution in [0.4, 0.5) is 9.52 Å². The molecule has 3 aromatic carbocycles. The third-order valence-electron chi connectivity index (χ3n) is 5.10. The Morgan fingerprint density at radius 1 is 0.900 bits per heavy atom. The van der Waals surface area contributed by atoms with Gasteiger partial charge in [-0.2, -0.15) is 5.10 Å². The van der Waals surface area contributed by atoms with E-state index >= 15 is 0 Å². The lowest BCUT2D eigenvalue weighted by atomic mass is 9.98. The normalized spacial score (nSPS) is 16.0. The van der Waals surface area contributed by atoms with E-state index in [1.807, 2.05) is 77.1 Å². The lowest BCUT2D eigenvalue weighted by molar-refractivity contribution is 0.624. The van der Waals surface area contributed by atoms with Crippen LogP contribution in [0.15, 0.2) is 89.3 Å². The van der Waals surface area contributed by atoms with Crippen molar-refractivity contribution in [2.45, 2.75) is 12.5 Å². The molecule has 0 saturated carbocycles. The van der Waals surface area contributed by atoms with Gasteiger partial charge in [-0.1, -0.05) is 66.2 Å². The van der Waals surface area contributed by atoms with E-state index in [-0.39, 0.29) is 11.9 Å². The molecule has 4 aromatic rings. The molecule has 6 heteroatoms. The Morgan fingerprint density at radius 3 is 2.37 bits per heavy atom. The van der Waals surface area contributed by atoms with Crippen molar-refractivity contribution in [3.8, 4) is 11.3 Å². The minimum Gasteiger partial charge on any atom is -0.231 e. The molecule has 0 saturated heterocycles. The second-order valence-corrected chi connectivity index (χ2v) is 8.32. The molecule has 1 aromatic heterocycles. The second-order valence-electron chi connectivity index (χ2n) is 7.05. The van der Waals surface area contributed by atoms with Crippen LogP contribution in [0.3, 0.4) is 0 Å². The Labute approximate surface area is 183 Å². The fourth-order valence-corrected chi connectivity index (χ4v) is 4.52. The van der Waals surface area contributed by atoms with Gasteiger partial charge in [0.1, 0.15) is 5.82 Å². The fourth-order valence-electron chi connectivity index (χ4n) is 3.56. The number of benzene rings is 3.